The summed E-state index contributed by atoms with van der Waals surface area (Å²) < 4.78 is 11.9. The molecule has 0 spiro atoms. The van der Waals surface area contributed by atoms with E-state index < -0.39 is 10.9 Å². The molecule has 2 rings (SSSR count). The Morgan fingerprint density at radius 3 is 2.36 bits per heavy atom. The third kappa shape index (κ3) is 4.93. The summed E-state index contributed by atoms with van der Waals surface area (Å²) in [4.78, 5) is 21.3. The maximum absolute atomic E-state index is 11.2. The number of carbonyl (C=O) groups excluding carboxylic acids is 1. The Morgan fingerprint density at radius 2 is 1.84 bits per heavy atom. The average molecular weight is 474 g/mol. The van der Waals surface area contributed by atoms with Crippen LogP contribution in [0.5, 0.6) is 17.2 Å². The smallest absolute Gasteiger partial charge is 0.314 e. The highest BCUT2D eigenvalue weighted by Gasteiger charge is 2.18. The molecule has 7 nitrogen and oxygen atoms in total. The highest BCUT2D eigenvalue weighted by Crippen LogP contribution is 2.40. The lowest BCUT2D eigenvalue weighted by molar-refractivity contribution is -0.385. The molecule has 0 fully saturated rings. The lowest BCUT2D eigenvalue weighted by atomic mass is 10.1. The number of hydrogen-bond donors (Lipinski definition) is 0. The van der Waals surface area contributed by atoms with Gasteiger partial charge in [0.1, 0.15) is 5.75 Å². The topological polar surface area (TPSA) is 102 Å². The van der Waals surface area contributed by atoms with E-state index >= 15 is 0 Å². The molecule has 2 aromatic carbocycles. The van der Waals surface area contributed by atoms with Crippen LogP contribution in [0, 0.1) is 10.1 Å². The van der Waals surface area contributed by atoms with Gasteiger partial charge >= 0.3 is 5.69 Å². The van der Waals surface area contributed by atoms with Gasteiger partial charge in [0.15, 0.2) is 11.5 Å². The van der Waals surface area contributed by atoms with Crippen molar-refractivity contribution in [1.29, 1.82) is 0 Å². The number of hydrogen-bond acceptors (Lipinski definition) is 6. The molecule has 0 aromatic heterocycles. The van der Waals surface area contributed by atoms with Crippen molar-refractivity contribution in [3.8, 4) is 17.2 Å². The number of ether oxygens (including phenoxy) is 2. The molecule has 9 heteroatoms. The summed E-state index contributed by atoms with van der Waals surface area (Å²) in [5.74, 6) is -0.443. The van der Waals surface area contributed by atoms with Crippen molar-refractivity contribution in [2.45, 2.75) is 13.3 Å². The largest absolute Gasteiger partial charge is 0.550 e. The Hall–Kier alpha value is -2.13. The van der Waals surface area contributed by atoms with E-state index in [0.717, 1.165) is 0 Å². The average Bonchev–Trinajstić information content (AvgIpc) is 2.51. The molecule has 0 heterocycles. The van der Waals surface area contributed by atoms with Gasteiger partial charge < -0.3 is 19.4 Å². The Balaban J connectivity index is 2.35. The van der Waals surface area contributed by atoms with Crippen LogP contribution in [-0.4, -0.2) is 17.5 Å². The molecule has 0 aliphatic rings. The van der Waals surface area contributed by atoms with Crippen LogP contribution in [0.15, 0.2) is 39.3 Å². The minimum atomic E-state index is -1.20. The number of nitro benzene ring substituents is 1. The third-order valence-corrected chi connectivity index (χ3v) is 4.23. The van der Waals surface area contributed by atoms with E-state index in [2.05, 4.69) is 31.9 Å². The van der Waals surface area contributed by atoms with Crippen LogP contribution < -0.4 is 14.6 Å². The van der Waals surface area contributed by atoms with Crippen LogP contribution in [0.3, 0.4) is 0 Å². The molecular formula is C16H12Br2NO6-. The Bertz CT molecular complexity index is 801. The van der Waals surface area contributed by atoms with Gasteiger partial charge in [0.2, 0.25) is 0 Å². The SMILES string of the molecule is CCOc1ccc(Oc2c(Br)cc(CC(=O)[O-])cc2Br)cc1[N+](=O)[O-]. The van der Waals surface area contributed by atoms with Crippen LogP contribution in [0.1, 0.15) is 12.5 Å². The van der Waals surface area contributed by atoms with Crippen molar-refractivity contribution >= 4 is 43.5 Å². The van der Waals surface area contributed by atoms with Crippen molar-refractivity contribution in [2.75, 3.05) is 6.61 Å². The summed E-state index contributed by atoms with van der Waals surface area (Å²) in [5, 5.41) is 21.9. The van der Waals surface area contributed by atoms with Gasteiger partial charge in [-0.05, 0) is 68.6 Å². The second-order valence-electron chi connectivity index (χ2n) is 4.86. The molecule has 0 amide bonds. The maximum atomic E-state index is 11.2. The maximum Gasteiger partial charge on any atom is 0.314 e. The number of benzene rings is 2. The van der Waals surface area contributed by atoms with Crippen molar-refractivity contribution in [3.05, 3.63) is 55.0 Å². The Kier molecular flexibility index (Phi) is 6.38. The molecule has 0 bridgehead atoms. The summed E-state index contributed by atoms with van der Waals surface area (Å²) in [6.07, 6.45) is -0.244. The number of aliphatic carboxylic acids is 1. The molecule has 25 heavy (non-hydrogen) atoms. The van der Waals surface area contributed by atoms with Gasteiger partial charge in [-0.1, -0.05) is 0 Å². The van der Waals surface area contributed by atoms with Crippen molar-refractivity contribution in [1.82, 2.24) is 0 Å². The fourth-order valence-electron chi connectivity index (χ4n) is 2.08. The summed E-state index contributed by atoms with van der Waals surface area (Å²) in [6.45, 7) is 2.04. The normalized spacial score (nSPS) is 10.4. The number of rotatable bonds is 7. The highest BCUT2D eigenvalue weighted by atomic mass is 79.9. The van der Waals surface area contributed by atoms with Gasteiger partial charge in [0, 0.05) is 12.4 Å². The molecule has 0 aliphatic carbocycles. The van der Waals surface area contributed by atoms with Crippen molar-refractivity contribution in [2.24, 2.45) is 0 Å². The number of carboxylic acid groups (broad SMARTS) is 1. The van der Waals surface area contributed by atoms with Crippen LogP contribution in [-0.2, 0) is 11.2 Å². The monoisotopic (exact) mass is 472 g/mol. The van der Waals surface area contributed by atoms with Crippen LogP contribution >= 0.6 is 31.9 Å². The van der Waals surface area contributed by atoms with Gasteiger partial charge in [0.05, 0.1) is 26.5 Å². The fourth-order valence-corrected chi connectivity index (χ4v) is 3.52. The van der Waals surface area contributed by atoms with E-state index in [-0.39, 0.29) is 23.6 Å². The highest BCUT2D eigenvalue weighted by molar-refractivity contribution is 9.11. The van der Waals surface area contributed by atoms with E-state index in [4.69, 9.17) is 9.47 Å². The van der Waals surface area contributed by atoms with Gasteiger partial charge in [-0.25, -0.2) is 0 Å². The van der Waals surface area contributed by atoms with Gasteiger partial charge in [0.25, 0.3) is 0 Å². The zero-order chi connectivity index (χ0) is 18.6. The van der Waals surface area contributed by atoms with Crippen LogP contribution in [0.2, 0.25) is 0 Å². The lowest BCUT2D eigenvalue weighted by Crippen LogP contribution is -2.24. The van der Waals surface area contributed by atoms with E-state index in [1.165, 1.54) is 12.1 Å². The van der Waals surface area contributed by atoms with Gasteiger partial charge in [-0.15, -0.1) is 0 Å². The molecule has 0 N–H and O–H groups in total. The fraction of sp³-hybridized carbons (Fsp3) is 0.188. The van der Waals surface area contributed by atoms with Crippen LogP contribution in [0.4, 0.5) is 5.69 Å². The first-order valence-electron chi connectivity index (χ1n) is 7.08. The molecule has 2 aromatic rings. The second kappa shape index (κ2) is 8.30. The first-order chi connectivity index (χ1) is 11.8. The van der Waals surface area contributed by atoms with Gasteiger partial charge in [-0.2, -0.15) is 0 Å². The van der Waals surface area contributed by atoms with E-state index in [1.54, 1.807) is 25.1 Å². The number of carboxylic acids is 1. The number of nitro groups is 1. The molecule has 0 radical (unpaired) electrons. The standard InChI is InChI=1S/C16H13Br2NO6/c1-2-24-14-4-3-10(8-13(14)19(22)23)25-16-11(17)5-9(6-12(16)18)7-15(20)21/h3-6,8H,2,7H2,1H3,(H,20,21)/p-1. The summed E-state index contributed by atoms with van der Waals surface area (Å²) in [6, 6.07) is 7.44. The molecular weight excluding hydrogens is 462 g/mol. The zero-order valence-corrected chi connectivity index (χ0v) is 16.1. The van der Waals surface area contributed by atoms with E-state index in [0.29, 0.717) is 26.9 Å². The molecule has 0 atom stereocenters. The zero-order valence-electron chi connectivity index (χ0n) is 13.0. The number of halogens is 2. The van der Waals surface area contributed by atoms with Crippen molar-refractivity contribution in [3.63, 3.8) is 0 Å². The van der Waals surface area contributed by atoms with Crippen LogP contribution in [0.25, 0.3) is 0 Å². The van der Waals surface area contributed by atoms with E-state index in [9.17, 15) is 20.0 Å². The molecule has 0 saturated heterocycles. The molecule has 0 saturated carbocycles. The summed E-state index contributed by atoms with van der Waals surface area (Å²) in [5.41, 5.74) is 0.309. The summed E-state index contributed by atoms with van der Waals surface area (Å²) in [7, 11) is 0. The third-order valence-electron chi connectivity index (χ3n) is 3.05. The summed E-state index contributed by atoms with van der Waals surface area (Å²) >= 11 is 6.61. The molecule has 132 valence electrons. The van der Waals surface area contributed by atoms with E-state index in [1.807, 2.05) is 0 Å². The minimum absolute atomic E-state index is 0.155. The predicted molar refractivity (Wildman–Crippen MR) is 94.9 cm³/mol. The Labute approximate surface area is 160 Å². The lowest BCUT2D eigenvalue weighted by Gasteiger charge is -2.13. The van der Waals surface area contributed by atoms with Gasteiger partial charge in [-0.3, -0.25) is 10.1 Å². The first kappa shape index (κ1) is 19.2. The predicted octanol–water partition coefficient (Wildman–Crippen LogP) is 3.60. The Morgan fingerprint density at radius 1 is 1.20 bits per heavy atom. The number of carbonyl (C=O) groups is 1. The number of nitrogens with zero attached hydrogens (tertiary/aromatic N) is 1. The quantitative estimate of drug-likeness (QED) is 0.449. The van der Waals surface area contributed by atoms with Crippen molar-refractivity contribution < 1.29 is 24.3 Å². The molecule has 0 aliphatic heterocycles. The molecule has 0 unspecified atom stereocenters. The minimum Gasteiger partial charge on any atom is -0.550 e. The second-order valence-corrected chi connectivity index (χ2v) is 6.57. The first-order valence-corrected chi connectivity index (χ1v) is 8.67.